The Bertz CT molecular complexity index is 593. The lowest BCUT2D eigenvalue weighted by molar-refractivity contribution is 0.130. The molecule has 2 heteroatoms. The van der Waals surface area contributed by atoms with Crippen LogP contribution in [-0.2, 0) is 5.60 Å². The van der Waals surface area contributed by atoms with Crippen LogP contribution in [0.25, 0.3) is 10.9 Å². The molecular weight excluding hydrogens is 222 g/mol. The summed E-state index contributed by atoms with van der Waals surface area (Å²) in [5.41, 5.74) is 2.44. The van der Waals surface area contributed by atoms with E-state index in [9.17, 15) is 5.11 Å². The van der Waals surface area contributed by atoms with Gasteiger partial charge in [-0.3, -0.25) is 4.98 Å². The molecule has 0 saturated heterocycles. The van der Waals surface area contributed by atoms with Crippen molar-refractivity contribution >= 4 is 10.9 Å². The standard InChI is InChI=1S/C16H19NO/c1-3-6-12-10-16(12,18)14-9-11(2)17-15-8-5-4-7-13(14)15/h4-5,7-9,12,18H,3,6,10H2,1-2H3. The second-order valence-corrected chi connectivity index (χ2v) is 5.44. The Morgan fingerprint density at radius 1 is 1.39 bits per heavy atom. The summed E-state index contributed by atoms with van der Waals surface area (Å²) in [6.45, 7) is 4.17. The summed E-state index contributed by atoms with van der Waals surface area (Å²) in [7, 11) is 0. The lowest BCUT2D eigenvalue weighted by atomic mass is 9.98. The van der Waals surface area contributed by atoms with Gasteiger partial charge in [-0.2, -0.15) is 0 Å². The molecule has 0 bridgehead atoms. The largest absolute Gasteiger partial charge is 0.385 e. The summed E-state index contributed by atoms with van der Waals surface area (Å²) in [6, 6.07) is 10.2. The fourth-order valence-electron chi connectivity index (χ4n) is 3.00. The fraction of sp³-hybridized carbons (Fsp3) is 0.438. The summed E-state index contributed by atoms with van der Waals surface area (Å²) in [6.07, 6.45) is 3.13. The average Bonchev–Trinajstić information content (AvgIpc) is 3.01. The van der Waals surface area contributed by atoms with E-state index in [1.165, 1.54) is 0 Å². The van der Waals surface area contributed by atoms with Crippen LogP contribution < -0.4 is 0 Å². The summed E-state index contributed by atoms with van der Waals surface area (Å²) in [5.74, 6) is 0.424. The molecule has 2 unspecified atom stereocenters. The van der Waals surface area contributed by atoms with Gasteiger partial charge in [0.2, 0.25) is 0 Å². The van der Waals surface area contributed by atoms with Gasteiger partial charge in [-0.05, 0) is 43.4 Å². The minimum atomic E-state index is -0.608. The Morgan fingerprint density at radius 3 is 2.94 bits per heavy atom. The van der Waals surface area contributed by atoms with E-state index in [0.717, 1.165) is 41.4 Å². The number of para-hydroxylation sites is 1. The molecule has 1 aliphatic carbocycles. The molecule has 2 aromatic rings. The van der Waals surface area contributed by atoms with Crippen molar-refractivity contribution in [2.24, 2.45) is 5.92 Å². The van der Waals surface area contributed by atoms with Gasteiger partial charge in [0.15, 0.2) is 0 Å². The Balaban J connectivity index is 2.12. The highest BCUT2D eigenvalue weighted by Gasteiger charge is 2.53. The van der Waals surface area contributed by atoms with Crippen LogP contribution in [0.15, 0.2) is 30.3 Å². The molecule has 0 aliphatic heterocycles. The van der Waals surface area contributed by atoms with Gasteiger partial charge in [-0.25, -0.2) is 0 Å². The molecule has 1 aliphatic rings. The van der Waals surface area contributed by atoms with Crippen molar-refractivity contribution in [3.63, 3.8) is 0 Å². The third-order valence-corrected chi connectivity index (χ3v) is 4.02. The third kappa shape index (κ3) is 1.72. The van der Waals surface area contributed by atoms with E-state index < -0.39 is 5.60 Å². The molecule has 1 fully saturated rings. The highest BCUT2D eigenvalue weighted by molar-refractivity contribution is 5.83. The van der Waals surface area contributed by atoms with Crippen LogP contribution in [0.4, 0.5) is 0 Å². The van der Waals surface area contributed by atoms with E-state index in [1.807, 2.05) is 25.1 Å². The number of aryl methyl sites for hydroxylation is 1. The van der Waals surface area contributed by atoms with Crippen LogP contribution in [0.3, 0.4) is 0 Å². The van der Waals surface area contributed by atoms with Crippen molar-refractivity contribution in [2.45, 2.75) is 38.7 Å². The number of nitrogens with zero attached hydrogens (tertiary/aromatic N) is 1. The number of hydrogen-bond acceptors (Lipinski definition) is 2. The molecule has 0 radical (unpaired) electrons. The van der Waals surface area contributed by atoms with Crippen molar-refractivity contribution in [3.05, 3.63) is 41.6 Å². The Morgan fingerprint density at radius 2 is 2.17 bits per heavy atom. The predicted octanol–water partition coefficient (Wildman–Crippen LogP) is 3.55. The van der Waals surface area contributed by atoms with Crippen molar-refractivity contribution in [2.75, 3.05) is 0 Å². The van der Waals surface area contributed by atoms with Crippen LogP contribution in [-0.4, -0.2) is 10.1 Å². The molecule has 0 amide bonds. The van der Waals surface area contributed by atoms with Crippen molar-refractivity contribution in [1.29, 1.82) is 0 Å². The Hall–Kier alpha value is -1.41. The normalized spacial score (nSPS) is 26.5. The zero-order valence-electron chi connectivity index (χ0n) is 11.0. The molecule has 1 aromatic carbocycles. The Kier molecular flexibility index (Phi) is 2.63. The molecule has 1 N–H and O–H groups in total. The number of rotatable bonds is 3. The van der Waals surface area contributed by atoms with Crippen LogP contribution >= 0.6 is 0 Å². The van der Waals surface area contributed by atoms with E-state index >= 15 is 0 Å². The Labute approximate surface area is 108 Å². The summed E-state index contributed by atoms with van der Waals surface area (Å²) in [4.78, 5) is 4.54. The highest BCUT2D eigenvalue weighted by atomic mass is 16.3. The van der Waals surface area contributed by atoms with E-state index in [4.69, 9.17) is 0 Å². The maximum absolute atomic E-state index is 10.8. The van der Waals surface area contributed by atoms with Gasteiger partial charge in [0, 0.05) is 11.1 Å². The third-order valence-electron chi connectivity index (χ3n) is 4.02. The lowest BCUT2D eigenvalue weighted by Gasteiger charge is -2.14. The number of aromatic nitrogens is 1. The van der Waals surface area contributed by atoms with Gasteiger partial charge >= 0.3 is 0 Å². The molecule has 2 atom stereocenters. The van der Waals surface area contributed by atoms with E-state index in [-0.39, 0.29) is 0 Å². The monoisotopic (exact) mass is 241 g/mol. The molecule has 18 heavy (non-hydrogen) atoms. The molecule has 1 heterocycles. The van der Waals surface area contributed by atoms with Gasteiger partial charge in [-0.15, -0.1) is 0 Å². The molecule has 2 nitrogen and oxygen atoms in total. The van der Waals surface area contributed by atoms with Crippen LogP contribution in [0, 0.1) is 12.8 Å². The summed E-state index contributed by atoms with van der Waals surface area (Å²) in [5, 5.41) is 11.9. The minimum absolute atomic E-state index is 0.424. The smallest absolute Gasteiger partial charge is 0.0936 e. The highest BCUT2D eigenvalue weighted by Crippen LogP contribution is 2.55. The average molecular weight is 241 g/mol. The zero-order valence-corrected chi connectivity index (χ0v) is 11.0. The van der Waals surface area contributed by atoms with Crippen molar-refractivity contribution in [3.8, 4) is 0 Å². The van der Waals surface area contributed by atoms with Gasteiger partial charge in [0.25, 0.3) is 0 Å². The molecule has 3 rings (SSSR count). The van der Waals surface area contributed by atoms with E-state index in [1.54, 1.807) is 0 Å². The van der Waals surface area contributed by atoms with Gasteiger partial charge in [-0.1, -0.05) is 31.5 Å². The first-order chi connectivity index (χ1) is 8.65. The topological polar surface area (TPSA) is 33.1 Å². The quantitative estimate of drug-likeness (QED) is 0.891. The summed E-state index contributed by atoms with van der Waals surface area (Å²) >= 11 is 0. The maximum atomic E-state index is 10.8. The number of fused-ring (bicyclic) bond motifs is 1. The minimum Gasteiger partial charge on any atom is -0.385 e. The first-order valence-electron chi connectivity index (χ1n) is 6.74. The van der Waals surface area contributed by atoms with Gasteiger partial charge in [0.05, 0.1) is 11.1 Å². The van der Waals surface area contributed by atoms with Gasteiger partial charge < -0.3 is 5.11 Å². The molecule has 94 valence electrons. The van der Waals surface area contributed by atoms with Gasteiger partial charge in [0.1, 0.15) is 0 Å². The van der Waals surface area contributed by atoms with Crippen molar-refractivity contribution in [1.82, 2.24) is 4.98 Å². The molecule has 1 saturated carbocycles. The number of benzene rings is 1. The number of hydrogen-bond donors (Lipinski definition) is 1. The second kappa shape index (κ2) is 4.06. The SMILES string of the molecule is CCCC1CC1(O)c1cc(C)nc2ccccc12. The molecular formula is C16H19NO. The van der Waals surface area contributed by atoms with E-state index in [0.29, 0.717) is 5.92 Å². The fourth-order valence-corrected chi connectivity index (χ4v) is 3.00. The molecule has 1 aromatic heterocycles. The van der Waals surface area contributed by atoms with Crippen LogP contribution in [0.1, 0.15) is 37.4 Å². The zero-order chi connectivity index (χ0) is 12.8. The maximum Gasteiger partial charge on any atom is 0.0936 e. The number of pyridine rings is 1. The first kappa shape index (κ1) is 11.7. The molecule has 0 spiro atoms. The number of aliphatic hydroxyl groups is 1. The second-order valence-electron chi connectivity index (χ2n) is 5.44. The predicted molar refractivity (Wildman–Crippen MR) is 73.4 cm³/mol. The lowest BCUT2D eigenvalue weighted by Crippen LogP contribution is -2.10. The van der Waals surface area contributed by atoms with E-state index in [2.05, 4.69) is 24.0 Å². The van der Waals surface area contributed by atoms with Crippen molar-refractivity contribution < 1.29 is 5.11 Å². The summed E-state index contributed by atoms with van der Waals surface area (Å²) < 4.78 is 0. The van der Waals surface area contributed by atoms with Crippen LogP contribution in [0.5, 0.6) is 0 Å². The first-order valence-corrected chi connectivity index (χ1v) is 6.74. The van der Waals surface area contributed by atoms with Crippen LogP contribution in [0.2, 0.25) is 0 Å².